The van der Waals surface area contributed by atoms with Gasteiger partial charge in [-0.2, -0.15) is 0 Å². The highest BCUT2D eigenvalue weighted by atomic mass is 35.5. The molecule has 0 radical (unpaired) electrons. The monoisotopic (exact) mass is 492 g/mol. The van der Waals surface area contributed by atoms with Gasteiger partial charge in [-0.15, -0.1) is 0 Å². The Kier molecular flexibility index (Phi) is 8.51. The van der Waals surface area contributed by atoms with E-state index in [1.165, 1.54) is 0 Å². The van der Waals surface area contributed by atoms with E-state index in [-0.39, 0.29) is 12.5 Å². The number of aryl methyl sites for hydroxylation is 1. The molecular weight excluding hydrogens is 471 g/mol. The molecule has 3 rings (SSSR count). The number of rotatable bonds is 9. The zero-order chi connectivity index (χ0) is 23.1. The summed E-state index contributed by atoms with van der Waals surface area (Å²) in [6.07, 6.45) is 0. The second-order valence-electron chi connectivity index (χ2n) is 7.02. The first-order valence-electron chi connectivity index (χ1n) is 9.99. The lowest BCUT2D eigenvalue weighted by molar-refractivity contribution is -0.118. The molecule has 2 N–H and O–H groups in total. The smallest absolute Gasteiger partial charge is 0.262 e. The van der Waals surface area contributed by atoms with E-state index < -0.39 is 0 Å². The lowest BCUT2D eigenvalue weighted by atomic mass is 10.2. The Hall–Kier alpha value is -2.60. The number of carbonyl (C=O) groups is 1. The highest BCUT2D eigenvalue weighted by Crippen LogP contribution is 2.37. The van der Waals surface area contributed by atoms with Crippen LogP contribution in [0.1, 0.15) is 18.1 Å². The van der Waals surface area contributed by atoms with Crippen molar-refractivity contribution in [1.29, 1.82) is 0 Å². The minimum absolute atomic E-state index is 0.205. The lowest BCUT2D eigenvalue weighted by Crippen LogP contribution is -2.20. The Balaban J connectivity index is 1.68. The molecule has 3 aromatic rings. The van der Waals surface area contributed by atoms with Gasteiger partial charge in [-0.25, -0.2) is 0 Å². The Morgan fingerprint density at radius 2 is 1.69 bits per heavy atom. The van der Waals surface area contributed by atoms with Crippen LogP contribution in [0.25, 0.3) is 0 Å². The third-order valence-electron chi connectivity index (χ3n) is 4.46. The Bertz CT molecular complexity index is 1090. The molecular formula is C24H23Cl3N2O3. The number of halogens is 3. The predicted octanol–water partition coefficient (Wildman–Crippen LogP) is 6.98. The van der Waals surface area contributed by atoms with Crippen molar-refractivity contribution in [3.05, 3.63) is 80.8 Å². The Morgan fingerprint density at radius 3 is 2.41 bits per heavy atom. The van der Waals surface area contributed by atoms with Gasteiger partial charge < -0.3 is 20.1 Å². The van der Waals surface area contributed by atoms with Crippen LogP contribution < -0.4 is 20.1 Å². The van der Waals surface area contributed by atoms with E-state index in [2.05, 4.69) is 10.6 Å². The third kappa shape index (κ3) is 6.70. The molecule has 0 saturated carbocycles. The molecule has 0 spiro atoms. The maximum absolute atomic E-state index is 12.3. The van der Waals surface area contributed by atoms with Gasteiger partial charge >= 0.3 is 0 Å². The molecule has 168 valence electrons. The summed E-state index contributed by atoms with van der Waals surface area (Å²) < 4.78 is 11.4. The molecule has 8 heteroatoms. The standard InChI is InChI=1S/C24H23Cl3N2O3/c1-3-31-22-11-16(13-28-21-12-17(25)6-9-19(21)26)10-20(27)24(22)32-14-23(30)29-18-7-4-15(2)5-8-18/h4-12,28H,3,13-14H2,1-2H3,(H,29,30). The number of carbonyl (C=O) groups excluding carboxylic acids is 1. The second-order valence-corrected chi connectivity index (χ2v) is 8.27. The molecule has 3 aromatic carbocycles. The largest absolute Gasteiger partial charge is 0.490 e. The molecule has 0 bridgehead atoms. The minimum atomic E-state index is -0.297. The topological polar surface area (TPSA) is 59.6 Å². The van der Waals surface area contributed by atoms with Crippen LogP contribution in [0.3, 0.4) is 0 Å². The number of anilines is 2. The maximum Gasteiger partial charge on any atom is 0.262 e. The van der Waals surface area contributed by atoms with Crippen molar-refractivity contribution in [2.75, 3.05) is 23.8 Å². The van der Waals surface area contributed by atoms with Crippen molar-refractivity contribution < 1.29 is 14.3 Å². The summed E-state index contributed by atoms with van der Waals surface area (Å²) in [5.74, 6) is 0.475. The van der Waals surface area contributed by atoms with E-state index >= 15 is 0 Å². The quantitative estimate of drug-likeness (QED) is 0.337. The van der Waals surface area contributed by atoms with Crippen molar-refractivity contribution in [3.8, 4) is 11.5 Å². The fraction of sp³-hybridized carbons (Fsp3) is 0.208. The average molecular weight is 494 g/mol. The van der Waals surface area contributed by atoms with E-state index in [1.807, 2.05) is 44.2 Å². The van der Waals surface area contributed by atoms with Gasteiger partial charge in [0.05, 0.1) is 22.3 Å². The normalized spacial score (nSPS) is 10.5. The minimum Gasteiger partial charge on any atom is -0.490 e. The maximum atomic E-state index is 12.3. The number of hydrogen-bond donors (Lipinski definition) is 2. The van der Waals surface area contributed by atoms with Crippen LogP contribution in [0.4, 0.5) is 11.4 Å². The summed E-state index contributed by atoms with van der Waals surface area (Å²) in [6.45, 7) is 4.49. The molecule has 0 unspecified atom stereocenters. The molecule has 0 aromatic heterocycles. The Morgan fingerprint density at radius 1 is 0.938 bits per heavy atom. The first-order chi connectivity index (χ1) is 15.4. The van der Waals surface area contributed by atoms with Crippen LogP contribution in [0.5, 0.6) is 11.5 Å². The van der Waals surface area contributed by atoms with E-state index in [1.54, 1.807) is 24.3 Å². The molecule has 0 aliphatic rings. The summed E-state index contributed by atoms with van der Waals surface area (Å²) in [7, 11) is 0. The molecule has 0 saturated heterocycles. The Labute approximate surface area is 202 Å². The summed E-state index contributed by atoms with van der Waals surface area (Å²) in [6, 6.07) is 16.3. The predicted molar refractivity (Wildman–Crippen MR) is 132 cm³/mol. The number of hydrogen-bond acceptors (Lipinski definition) is 4. The van der Waals surface area contributed by atoms with Crippen molar-refractivity contribution in [3.63, 3.8) is 0 Å². The first kappa shape index (κ1) is 24.1. The third-order valence-corrected chi connectivity index (χ3v) is 5.31. The van der Waals surface area contributed by atoms with Gasteiger partial charge in [-0.1, -0.05) is 52.5 Å². The van der Waals surface area contributed by atoms with Crippen LogP contribution in [0.2, 0.25) is 15.1 Å². The molecule has 5 nitrogen and oxygen atoms in total. The molecule has 0 heterocycles. The molecule has 0 aliphatic heterocycles. The van der Waals surface area contributed by atoms with Crippen LogP contribution in [-0.2, 0) is 11.3 Å². The van der Waals surface area contributed by atoms with E-state index in [4.69, 9.17) is 44.3 Å². The summed E-state index contributed by atoms with van der Waals surface area (Å²) >= 11 is 18.7. The van der Waals surface area contributed by atoms with E-state index in [9.17, 15) is 4.79 Å². The average Bonchev–Trinajstić information content (AvgIpc) is 2.75. The van der Waals surface area contributed by atoms with E-state index in [0.29, 0.717) is 51.1 Å². The molecule has 0 aliphatic carbocycles. The second kappa shape index (κ2) is 11.3. The van der Waals surface area contributed by atoms with Gasteiger partial charge in [0.15, 0.2) is 18.1 Å². The molecule has 32 heavy (non-hydrogen) atoms. The zero-order valence-electron chi connectivity index (χ0n) is 17.7. The van der Waals surface area contributed by atoms with Gasteiger partial charge in [-0.05, 0) is 61.9 Å². The van der Waals surface area contributed by atoms with Crippen molar-refractivity contribution in [2.45, 2.75) is 20.4 Å². The number of amides is 1. The first-order valence-corrected chi connectivity index (χ1v) is 11.1. The van der Waals surface area contributed by atoms with E-state index in [0.717, 1.165) is 11.1 Å². The van der Waals surface area contributed by atoms with Gasteiger partial charge in [-0.3, -0.25) is 4.79 Å². The number of benzene rings is 3. The molecule has 0 fully saturated rings. The van der Waals surface area contributed by atoms with Crippen molar-refractivity contribution in [1.82, 2.24) is 0 Å². The number of ether oxygens (including phenoxy) is 2. The number of nitrogens with one attached hydrogen (secondary N) is 2. The molecule has 1 amide bonds. The van der Waals surface area contributed by atoms with Crippen LogP contribution in [-0.4, -0.2) is 19.1 Å². The SMILES string of the molecule is CCOc1cc(CNc2cc(Cl)ccc2Cl)cc(Cl)c1OCC(=O)Nc1ccc(C)cc1. The molecule has 0 atom stereocenters. The van der Waals surface area contributed by atoms with Gasteiger partial charge in [0.1, 0.15) is 0 Å². The lowest BCUT2D eigenvalue weighted by Gasteiger charge is -2.16. The van der Waals surface area contributed by atoms with Gasteiger partial charge in [0.2, 0.25) is 0 Å². The zero-order valence-corrected chi connectivity index (χ0v) is 19.9. The highest BCUT2D eigenvalue weighted by Gasteiger charge is 2.15. The van der Waals surface area contributed by atoms with Crippen molar-refractivity contribution >= 4 is 52.1 Å². The fourth-order valence-corrected chi connectivity index (χ4v) is 3.57. The van der Waals surface area contributed by atoms with Crippen LogP contribution >= 0.6 is 34.8 Å². The van der Waals surface area contributed by atoms with Crippen molar-refractivity contribution in [2.24, 2.45) is 0 Å². The fourth-order valence-electron chi connectivity index (χ4n) is 2.93. The van der Waals surface area contributed by atoms with Crippen LogP contribution in [0, 0.1) is 6.92 Å². The van der Waals surface area contributed by atoms with Crippen LogP contribution in [0.15, 0.2) is 54.6 Å². The summed E-state index contributed by atoms with van der Waals surface area (Å²) in [5.41, 5.74) is 3.37. The van der Waals surface area contributed by atoms with Gasteiger partial charge in [0, 0.05) is 17.3 Å². The summed E-state index contributed by atoms with van der Waals surface area (Å²) in [5, 5.41) is 7.50. The summed E-state index contributed by atoms with van der Waals surface area (Å²) in [4.78, 5) is 12.3. The van der Waals surface area contributed by atoms with Gasteiger partial charge in [0.25, 0.3) is 5.91 Å². The highest BCUT2D eigenvalue weighted by molar-refractivity contribution is 6.35.